The first-order valence-corrected chi connectivity index (χ1v) is 16.1. The molecule has 0 aliphatic heterocycles. The lowest BCUT2D eigenvalue weighted by molar-refractivity contribution is -0.140. The van der Waals surface area contributed by atoms with Crippen molar-refractivity contribution in [3.63, 3.8) is 0 Å². The number of hydrogen-bond acceptors (Lipinski definition) is 4. The fourth-order valence-corrected chi connectivity index (χ4v) is 5.97. The number of hydrogen-bond donors (Lipinski definition) is 1. The Morgan fingerprint density at radius 2 is 1.50 bits per heavy atom. The summed E-state index contributed by atoms with van der Waals surface area (Å²) in [6.07, 6.45) is 1.29. The van der Waals surface area contributed by atoms with Crippen LogP contribution in [0.1, 0.15) is 25.0 Å². The highest BCUT2D eigenvalue weighted by atomic mass is 35.5. The maximum Gasteiger partial charge on any atom is 0.244 e. The molecular formula is C32H33Cl2N3O4S. The molecule has 1 atom stereocenters. The van der Waals surface area contributed by atoms with Crippen molar-refractivity contribution in [3.05, 3.63) is 112 Å². The van der Waals surface area contributed by atoms with Crippen molar-refractivity contribution in [2.75, 3.05) is 17.1 Å². The molecule has 0 bridgehead atoms. The summed E-state index contributed by atoms with van der Waals surface area (Å²) in [5.74, 6) is -0.891. The highest BCUT2D eigenvalue weighted by Gasteiger charge is 2.33. The van der Waals surface area contributed by atoms with Crippen molar-refractivity contribution in [1.82, 2.24) is 10.2 Å². The van der Waals surface area contributed by atoms with Crippen LogP contribution in [0.5, 0.6) is 0 Å². The van der Waals surface area contributed by atoms with E-state index in [9.17, 15) is 18.0 Å². The highest BCUT2D eigenvalue weighted by molar-refractivity contribution is 7.92. The highest BCUT2D eigenvalue weighted by Crippen LogP contribution is 2.29. The van der Waals surface area contributed by atoms with Gasteiger partial charge in [-0.05, 0) is 48.6 Å². The molecule has 220 valence electrons. The van der Waals surface area contributed by atoms with E-state index in [1.807, 2.05) is 74.5 Å². The summed E-state index contributed by atoms with van der Waals surface area (Å²) in [7, 11) is -3.90. The molecule has 0 spiro atoms. The first-order chi connectivity index (χ1) is 19.9. The molecule has 0 aromatic heterocycles. The number of carbonyl (C=O) groups excluding carboxylic acids is 2. The minimum absolute atomic E-state index is 0.00583. The summed E-state index contributed by atoms with van der Waals surface area (Å²) >= 11 is 12.4. The summed E-state index contributed by atoms with van der Waals surface area (Å²) in [6.45, 7) is 3.18. The average molecular weight is 627 g/mol. The zero-order valence-corrected chi connectivity index (χ0v) is 26.0. The van der Waals surface area contributed by atoms with Gasteiger partial charge < -0.3 is 10.2 Å². The van der Waals surface area contributed by atoms with Gasteiger partial charge in [0.25, 0.3) is 0 Å². The van der Waals surface area contributed by atoms with Gasteiger partial charge in [0.15, 0.2) is 0 Å². The molecule has 0 radical (unpaired) electrons. The third-order valence-electron chi connectivity index (χ3n) is 6.75. The molecule has 0 aliphatic rings. The predicted molar refractivity (Wildman–Crippen MR) is 170 cm³/mol. The van der Waals surface area contributed by atoms with E-state index in [4.69, 9.17) is 23.2 Å². The summed E-state index contributed by atoms with van der Waals surface area (Å²) < 4.78 is 27.4. The van der Waals surface area contributed by atoms with E-state index < -0.39 is 28.5 Å². The topological polar surface area (TPSA) is 86.8 Å². The Kier molecular flexibility index (Phi) is 10.1. The molecule has 1 N–H and O–H groups in total. The van der Waals surface area contributed by atoms with Crippen molar-refractivity contribution in [2.45, 2.75) is 38.9 Å². The Balaban J connectivity index is 1.80. The van der Waals surface area contributed by atoms with Gasteiger partial charge in [-0.3, -0.25) is 13.9 Å². The number of fused-ring (bicyclic) bond motifs is 1. The summed E-state index contributed by atoms with van der Waals surface area (Å²) in [5, 5.41) is 5.12. The van der Waals surface area contributed by atoms with Crippen LogP contribution < -0.4 is 9.62 Å². The van der Waals surface area contributed by atoms with Crippen molar-refractivity contribution in [3.8, 4) is 0 Å². The van der Waals surface area contributed by atoms with Crippen molar-refractivity contribution in [2.24, 2.45) is 0 Å². The minimum atomic E-state index is -3.90. The first kappa shape index (κ1) is 31.3. The Morgan fingerprint density at radius 3 is 2.17 bits per heavy atom. The number of benzene rings is 4. The molecule has 0 aliphatic carbocycles. The lowest BCUT2D eigenvalue weighted by Crippen LogP contribution is -2.54. The number of nitrogens with zero attached hydrogens (tertiary/aromatic N) is 2. The molecular weight excluding hydrogens is 593 g/mol. The van der Waals surface area contributed by atoms with E-state index in [0.717, 1.165) is 21.5 Å². The van der Waals surface area contributed by atoms with E-state index in [-0.39, 0.29) is 24.9 Å². The molecule has 4 aromatic rings. The van der Waals surface area contributed by atoms with Crippen molar-refractivity contribution in [1.29, 1.82) is 0 Å². The Bertz CT molecular complexity index is 1670. The van der Waals surface area contributed by atoms with Gasteiger partial charge in [0, 0.05) is 24.4 Å². The molecule has 42 heavy (non-hydrogen) atoms. The van der Waals surface area contributed by atoms with Crippen LogP contribution in [-0.2, 0) is 32.6 Å². The molecule has 0 unspecified atom stereocenters. The Labute approximate surface area is 257 Å². The van der Waals surface area contributed by atoms with Crippen LogP contribution in [0.3, 0.4) is 0 Å². The van der Waals surface area contributed by atoms with Crippen LogP contribution in [0.2, 0.25) is 10.0 Å². The normalized spacial score (nSPS) is 12.2. The van der Waals surface area contributed by atoms with Gasteiger partial charge in [-0.1, -0.05) is 96.0 Å². The van der Waals surface area contributed by atoms with Crippen LogP contribution in [-0.4, -0.2) is 50.0 Å². The lowest BCUT2D eigenvalue weighted by Gasteiger charge is -2.34. The monoisotopic (exact) mass is 625 g/mol. The number of sulfonamides is 1. The number of halogens is 2. The third-order valence-corrected chi connectivity index (χ3v) is 8.62. The van der Waals surface area contributed by atoms with Crippen molar-refractivity contribution >= 4 is 61.5 Å². The molecule has 4 rings (SSSR count). The molecule has 4 aromatic carbocycles. The molecule has 0 fully saturated rings. The maximum absolute atomic E-state index is 14.3. The van der Waals surface area contributed by atoms with E-state index in [1.165, 1.54) is 4.90 Å². The molecule has 2 amide bonds. The van der Waals surface area contributed by atoms with Gasteiger partial charge in [-0.25, -0.2) is 8.42 Å². The quantitative estimate of drug-likeness (QED) is 0.219. The van der Waals surface area contributed by atoms with Gasteiger partial charge >= 0.3 is 0 Å². The SMILES string of the molecule is CC(C)NC(=O)[C@H](Cc1ccccc1)N(Cc1ccc(Cl)c(Cl)c1)C(=O)CN(c1cccc2ccccc12)S(C)(=O)=O. The van der Waals surface area contributed by atoms with E-state index in [1.54, 1.807) is 30.3 Å². The standard InChI is InChI=1S/C32H33Cl2N3O4S/c1-22(2)35-32(39)30(19-23-10-5-4-6-11-23)36(20-24-16-17-27(33)28(34)18-24)31(38)21-37(42(3,40)41)29-15-9-13-25-12-7-8-14-26(25)29/h4-18,22,30H,19-21H2,1-3H3,(H,35,39)/t30-/m0/s1. The number of nitrogens with one attached hydrogen (secondary N) is 1. The second-order valence-electron chi connectivity index (χ2n) is 10.4. The van der Waals surface area contributed by atoms with Gasteiger partial charge in [0.05, 0.1) is 22.0 Å². The number of anilines is 1. The van der Waals surface area contributed by atoms with Crippen molar-refractivity contribution < 1.29 is 18.0 Å². The summed E-state index contributed by atoms with van der Waals surface area (Å²) in [4.78, 5) is 29.4. The molecule has 0 saturated carbocycles. The number of rotatable bonds is 11. The van der Waals surface area contributed by atoms with E-state index in [2.05, 4.69) is 5.32 Å². The second-order valence-corrected chi connectivity index (χ2v) is 13.1. The van der Waals surface area contributed by atoms with Crippen LogP contribution in [0.15, 0.2) is 91.0 Å². The summed E-state index contributed by atoms with van der Waals surface area (Å²) in [5.41, 5.74) is 1.87. The second kappa shape index (κ2) is 13.6. The Morgan fingerprint density at radius 1 is 0.833 bits per heavy atom. The van der Waals surface area contributed by atoms with Gasteiger partial charge in [-0.2, -0.15) is 0 Å². The zero-order chi connectivity index (χ0) is 30.4. The zero-order valence-electron chi connectivity index (χ0n) is 23.6. The third kappa shape index (κ3) is 7.82. The number of amides is 2. The fourth-order valence-electron chi connectivity index (χ4n) is 4.79. The van der Waals surface area contributed by atoms with Crippen LogP contribution in [0, 0.1) is 0 Å². The molecule has 0 heterocycles. The van der Waals surface area contributed by atoms with Crippen LogP contribution in [0.4, 0.5) is 5.69 Å². The molecule has 10 heteroatoms. The van der Waals surface area contributed by atoms with Gasteiger partial charge in [-0.15, -0.1) is 0 Å². The van der Waals surface area contributed by atoms with Gasteiger partial charge in [0.2, 0.25) is 21.8 Å². The average Bonchev–Trinajstić information content (AvgIpc) is 2.94. The lowest BCUT2D eigenvalue weighted by atomic mass is 10.0. The number of carbonyl (C=O) groups is 2. The minimum Gasteiger partial charge on any atom is -0.352 e. The van der Waals surface area contributed by atoms with Crippen LogP contribution >= 0.6 is 23.2 Å². The largest absolute Gasteiger partial charge is 0.352 e. The fraction of sp³-hybridized carbons (Fsp3) is 0.250. The molecule has 7 nitrogen and oxygen atoms in total. The van der Waals surface area contributed by atoms with Gasteiger partial charge in [0.1, 0.15) is 12.6 Å². The maximum atomic E-state index is 14.3. The Hall–Kier alpha value is -3.59. The van der Waals surface area contributed by atoms with Crippen LogP contribution in [0.25, 0.3) is 10.8 Å². The van der Waals surface area contributed by atoms with E-state index >= 15 is 0 Å². The molecule has 0 saturated heterocycles. The first-order valence-electron chi connectivity index (χ1n) is 13.5. The summed E-state index contributed by atoms with van der Waals surface area (Å²) in [6, 6.07) is 25.9. The van der Waals surface area contributed by atoms with E-state index in [0.29, 0.717) is 26.7 Å². The predicted octanol–water partition coefficient (Wildman–Crippen LogP) is 6.08. The smallest absolute Gasteiger partial charge is 0.244 e.